The number of carbonyl (C=O) groups is 2. The highest BCUT2D eigenvalue weighted by Crippen LogP contribution is 2.49. The van der Waals surface area contributed by atoms with Crippen LogP contribution in [-0.4, -0.2) is 16.7 Å². The topological polar surface area (TPSA) is 37.4 Å². The second-order valence-corrected chi connectivity index (χ2v) is 6.09. The SMILES string of the molecule is O=C1[C@@H]2[C@@H](C(=O)N1Cc1ccccc1)[C@H]1C=C[C@H]2CC1. The molecule has 1 heterocycles. The van der Waals surface area contributed by atoms with Gasteiger partial charge in [-0.25, -0.2) is 0 Å². The number of allylic oxidation sites excluding steroid dienone is 2. The lowest BCUT2D eigenvalue weighted by Gasteiger charge is -2.38. The number of amides is 2. The molecule has 5 rings (SSSR count). The maximum Gasteiger partial charge on any atom is 0.234 e. The Morgan fingerprint density at radius 3 is 1.95 bits per heavy atom. The van der Waals surface area contributed by atoms with Crippen LogP contribution in [0.4, 0.5) is 0 Å². The predicted molar refractivity (Wildman–Crippen MR) is 74.3 cm³/mol. The molecule has 2 fully saturated rings. The first-order valence-corrected chi connectivity index (χ1v) is 7.33. The maximum atomic E-state index is 12.6. The molecule has 2 amide bonds. The smallest absolute Gasteiger partial charge is 0.234 e. The van der Waals surface area contributed by atoms with Crippen LogP contribution in [0.3, 0.4) is 0 Å². The third-order valence-corrected chi connectivity index (χ3v) is 5.03. The minimum atomic E-state index is -0.0880. The van der Waals surface area contributed by atoms with Crippen LogP contribution in [-0.2, 0) is 16.1 Å². The van der Waals surface area contributed by atoms with Gasteiger partial charge in [0.25, 0.3) is 0 Å². The molecule has 1 aromatic carbocycles. The summed E-state index contributed by atoms with van der Waals surface area (Å²) < 4.78 is 0. The largest absolute Gasteiger partial charge is 0.278 e. The molecule has 20 heavy (non-hydrogen) atoms. The van der Waals surface area contributed by atoms with Crippen LogP contribution >= 0.6 is 0 Å². The Hall–Kier alpha value is -1.90. The molecule has 0 aromatic heterocycles. The van der Waals surface area contributed by atoms with Crippen molar-refractivity contribution in [1.82, 2.24) is 4.90 Å². The minimum Gasteiger partial charge on any atom is -0.278 e. The van der Waals surface area contributed by atoms with Gasteiger partial charge in [-0.15, -0.1) is 0 Å². The van der Waals surface area contributed by atoms with Crippen LogP contribution < -0.4 is 0 Å². The highest BCUT2D eigenvalue weighted by atomic mass is 16.2. The van der Waals surface area contributed by atoms with E-state index in [-0.39, 0.29) is 35.5 Å². The van der Waals surface area contributed by atoms with Gasteiger partial charge >= 0.3 is 0 Å². The van der Waals surface area contributed by atoms with Gasteiger partial charge in [-0.05, 0) is 30.2 Å². The normalized spacial score (nSPS) is 34.7. The summed E-state index contributed by atoms with van der Waals surface area (Å²) in [5.41, 5.74) is 1.02. The number of hydrogen-bond acceptors (Lipinski definition) is 2. The molecular weight excluding hydrogens is 250 g/mol. The van der Waals surface area contributed by atoms with Crippen molar-refractivity contribution in [3.63, 3.8) is 0 Å². The number of carbonyl (C=O) groups excluding carboxylic acids is 2. The van der Waals surface area contributed by atoms with Crippen LogP contribution in [0.1, 0.15) is 18.4 Å². The summed E-state index contributed by atoms with van der Waals surface area (Å²) in [5, 5.41) is 0. The quantitative estimate of drug-likeness (QED) is 0.609. The Bertz CT molecular complexity index is 560. The van der Waals surface area contributed by atoms with Crippen molar-refractivity contribution in [3.8, 4) is 0 Å². The molecule has 3 aliphatic carbocycles. The molecule has 0 radical (unpaired) electrons. The number of hydrogen-bond donors (Lipinski definition) is 0. The minimum absolute atomic E-state index is 0.0444. The average molecular weight is 267 g/mol. The number of nitrogens with zero attached hydrogens (tertiary/aromatic N) is 1. The predicted octanol–water partition coefficient (Wildman–Crippen LogP) is 2.38. The lowest BCUT2D eigenvalue weighted by atomic mass is 9.63. The van der Waals surface area contributed by atoms with Gasteiger partial charge in [0.15, 0.2) is 0 Å². The maximum absolute atomic E-state index is 12.6. The Kier molecular flexibility index (Phi) is 2.56. The van der Waals surface area contributed by atoms with E-state index in [2.05, 4.69) is 12.2 Å². The zero-order valence-electron chi connectivity index (χ0n) is 11.2. The summed E-state index contributed by atoms with van der Waals surface area (Å²) in [6.45, 7) is 0.422. The lowest BCUT2D eigenvalue weighted by molar-refractivity contribution is -0.140. The first-order chi connectivity index (χ1) is 9.75. The zero-order valence-corrected chi connectivity index (χ0v) is 11.2. The monoisotopic (exact) mass is 267 g/mol. The van der Waals surface area contributed by atoms with Gasteiger partial charge in [0.2, 0.25) is 11.8 Å². The standard InChI is InChI=1S/C17H17NO2/c19-16-14-12-6-7-13(9-8-12)15(14)17(20)18(16)10-11-4-2-1-3-5-11/h1-7,12-15H,8-10H2/t12-,13-,14-,15-/m0/s1. The second-order valence-electron chi connectivity index (χ2n) is 6.09. The number of rotatable bonds is 2. The summed E-state index contributed by atoms with van der Waals surface area (Å²) in [6, 6.07) is 9.77. The Balaban J connectivity index is 1.64. The van der Waals surface area contributed by atoms with Crippen LogP contribution in [0.15, 0.2) is 42.5 Å². The van der Waals surface area contributed by atoms with Crippen LogP contribution in [0.5, 0.6) is 0 Å². The van der Waals surface area contributed by atoms with E-state index < -0.39 is 0 Å². The van der Waals surface area contributed by atoms with Gasteiger partial charge in [-0.2, -0.15) is 0 Å². The van der Waals surface area contributed by atoms with Gasteiger partial charge < -0.3 is 0 Å². The van der Waals surface area contributed by atoms with E-state index in [1.807, 2.05) is 30.3 Å². The van der Waals surface area contributed by atoms with Gasteiger partial charge in [-0.1, -0.05) is 42.5 Å². The van der Waals surface area contributed by atoms with Crippen LogP contribution in [0, 0.1) is 23.7 Å². The van der Waals surface area contributed by atoms with E-state index in [0.29, 0.717) is 6.54 Å². The van der Waals surface area contributed by atoms with Crippen molar-refractivity contribution >= 4 is 11.8 Å². The van der Waals surface area contributed by atoms with Gasteiger partial charge in [0, 0.05) is 0 Å². The summed E-state index contributed by atoms with van der Waals surface area (Å²) in [4.78, 5) is 26.7. The van der Waals surface area contributed by atoms with Crippen molar-refractivity contribution in [2.75, 3.05) is 0 Å². The summed E-state index contributed by atoms with van der Waals surface area (Å²) in [7, 11) is 0. The molecule has 4 aliphatic rings. The molecule has 0 unspecified atom stereocenters. The molecule has 1 aliphatic heterocycles. The van der Waals surface area contributed by atoms with E-state index in [1.165, 1.54) is 4.90 Å². The first-order valence-electron chi connectivity index (χ1n) is 7.33. The molecule has 3 nitrogen and oxygen atoms in total. The lowest BCUT2D eigenvalue weighted by Crippen LogP contribution is -2.38. The molecule has 2 bridgehead atoms. The van der Waals surface area contributed by atoms with Crippen molar-refractivity contribution in [3.05, 3.63) is 48.0 Å². The molecule has 1 saturated heterocycles. The third-order valence-electron chi connectivity index (χ3n) is 5.03. The highest BCUT2D eigenvalue weighted by Gasteiger charge is 2.56. The van der Waals surface area contributed by atoms with E-state index in [0.717, 1.165) is 18.4 Å². The van der Waals surface area contributed by atoms with E-state index in [1.54, 1.807) is 0 Å². The number of likely N-dealkylation sites (tertiary alicyclic amines) is 1. The number of fused-ring (bicyclic) bond motifs is 1. The fraction of sp³-hybridized carbons (Fsp3) is 0.412. The summed E-state index contributed by atoms with van der Waals surface area (Å²) in [6.07, 6.45) is 6.43. The third kappa shape index (κ3) is 1.59. The van der Waals surface area contributed by atoms with Crippen molar-refractivity contribution in [1.29, 1.82) is 0 Å². The molecule has 4 atom stereocenters. The van der Waals surface area contributed by atoms with Crippen molar-refractivity contribution in [2.24, 2.45) is 23.7 Å². The second kappa shape index (κ2) is 4.30. The molecular formula is C17H17NO2. The molecule has 0 spiro atoms. The van der Waals surface area contributed by atoms with E-state index >= 15 is 0 Å². The van der Waals surface area contributed by atoms with Crippen LogP contribution in [0.25, 0.3) is 0 Å². The first kappa shape index (κ1) is 11.9. The molecule has 3 heteroatoms. The van der Waals surface area contributed by atoms with Crippen molar-refractivity contribution in [2.45, 2.75) is 19.4 Å². The molecule has 1 aromatic rings. The molecule has 1 saturated carbocycles. The fourth-order valence-corrected chi connectivity index (χ4v) is 4.06. The Morgan fingerprint density at radius 1 is 0.900 bits per heavy atom. The number of benzene rings is 1. The Labute approximate surface area is 118 Å². The highest BCUT2D eigenvalue weighted by molar-refractivity contribution is 6.05. The molecule has 0 N–H and O–H groups in total. The zero-order chi connectivity index (χ0) is 13.7. The summed E-state index contributed by atoms with van der Waals surface area (Å²) >= 11 is 0. The Morgan fingerprint density at radius 2 is 1.45 bits per heavy atom. The van der Waals surface area contributed by atoms with Gasteiger partial charge in [0.1, 0.15) is 0 Å². The average Bonchev–Trinajstić information content (AvgIpc) is 2.77. The van der Waals surface area contributed by atoms with Gasteiger partial charge in [0.05, 0.1) is 18.4 Å². The van der Waals surface area contributed by atoms with E-state index in [4.69, 9.17) is 0 Å². The van der Waals surface area contributed by atoms with E-state index in [9.17, 15) is 9.59 Å². The molecule has 102 valence electrons. The van der Waals surface area contributed by atoms with Gasteiger partial charge in [-0.3, -0.25) is 14.5 Å². The summed E-state index contributed by atoms with van der Waals surface area (Å²) in [5.74, 6) is 0.472. The number of imide groups is 1. The van der Waals surface area contributed by atoms with Crippen LogP contribution in [0.2, 0.25) is 0 Å². The van der Waals surface area contributed by atoms with Crippen molar-refractivity contribution < 1.29 is 9.59 Å². The fourth-order valence-electron chi connectivity index (χ4n) is 4.06.